The molecule has 0 spiro atoms. The average Bonchev–Trinajstić information content (AvgIpc) is 3.01. The van der Waals surface area contributed by atoms with Gasteiger partial charge in [0, 0.05) is 47.7 Å². The van der Waals surface area contributed by atoms with Gasteiger partial charge in [0.2, 0.25) is 11.7 Å². The van der Waals surface area contributed by atoms with E-state index in [-0.39, 0.29) is 45.9 Å². The molecule has 5 rings (SSSR count). The molecule has 1 heterocycles. The Balaban J connectivity index is 1.59. The van der Waals surface area contributed by atoms with E-state index in [0.29, 0.717) is 0 Å². The Morgan fingerprint density at radius 3 is 2.50 bits per heavy atom. The molecule has 1 fully saturated rings. The number of hydrogen-bond donors (Lipinski definition) is 7. The molecule has 46 heavy (non-hydrogen) atoms. The topological polar surface area (TPSA) is 241 Å². The number of aliphatic hydroxyl groups is 2. The number of thioether (sulfide) groups is 1. The van der Waals surface area contributed by atoms with Crippen LogP contribution >= 0.6 is 11.8 Å². The van der Waals surface area contributed by atoms with Crippen LogP contribution in [-0.2, 0) is 25.5 Å². The summed E-state index contributed by atoms with van der Waals surface area (Å²) in [6, 6.07) is 2.92. The molecule has 1 amide bonds. The average molecular weight is 660 g/mol. The summed E-state index contributed by atoms with van der Waals surface area (Å²) < 4.78 is 17.3. The van der Waals surface area contributed by atoms with Crippen molar-refractivity contribution in [3.8, 4) is 17.2 Å². The van der Waals surface area contributed by atoms with Crippen LogP contribution < -0.4 is 21.5 Å². The minimum absolute atomic E-state index is 0.0117. The molecule has 0 saturated carbocycles. The molecule has 14 nitrogen and oxygen atoms in total. The number of Topliss-reactive ketones (excluding diaryl/α,β-unsaturated/α-hetero) is 1. The van der Waals surface area contributed by atoms with Crippen molar-refractivity contribution < 1.29 is 53.8 Å². The van der Waals surface area contributed by atoms with E-state index in [1.807, 2.05) is 0 Å². The van der Waals surface area contributed by atoms with E-state index in [4.69, 9.17) is 25.7 Å². The van der Waals surface area contributed by atoms with Crippen molar-refractivity contribution in [3.05, 3.63) is 51.6 Å². The molecule has 0 bridgehead atoms. The maximum atomic E-state index is 13.8. The monoisotopic (exact) mass is 659 g/mol. The Morgan fingerprint density at radius 2 is 1.87 bits per heavy atom. The smallest absolute Gasteiger partial charge is 0.235 e. The molecule has 9 N–H and O–H groups in total. The molecule has 248 valence electrons. The Kier molecular flexibility index (Phi) is 9.48. The third-order valence-electron chi connectivity index (χ3n) is 8.87. The molecule has 1 aliphatic heterocycles. The molecule has 15 heteroatoms. The van der Waals surface area contributed by atoms with Gasteiger partial charge in [0.1, 0.15) is 22.8 Å². The van der Waals surface area contributed by atoms with Crippen molar-refractivity contribution in [3.63, 3.8) is 0 Å². The summed E-state index contributed by atoms with van der Waals surface area (Å²) in [4.78, 5) is 52.7. The molecule has 0 radical (unpaired) electrons. The van der Waals surface area contributed by atoms with E-state index >= 15 is 0 Å². The zero-order valence-electron chi connectivity index (χ0n) is 25.4. The van der Waals surface area contributed by atoms with Gasteiger partial charge in [-0.2, -0.15) is 11.8 Å². The lowest BCUT2D eigenvalue weighted by molar-refractivity contribution is -0.247. The fourth-order valence-corrected chi connectivity index (χ4v) is 7.45. The summed E-state index contributed by atoms with van der Waals surface area (Å²) >= 11 is 1.05. The van der Waals surface area contributed by atoms with E-state index in [0.717, 1.165) is 11.8 Å². The highest BCUT2D eigenvalue weighted by Crippen LogP contribution is 2.52. The van der Waals surface area contributed by atoms with Crippen molar-refractivity contribution in [1.82, 2.24) is 5.32 Å². The fourth-order valence-electron chi connectivity index (χ4n) is 6.31. The van der Waals surface area contributed by atoms with Crippen LogP contribution in [0.15, 0.2) is 18.2 Å². The van der Waals surface area contributed by atoms with Crippen LogP contribution in [-0.4, -0.2) is 106 Å². The number of rotatable bonds is 10. The Labute approximate surface area is 268 Å². The van der Waals surface area contributed by atoms with E-state index < -0.39 is 101 Å². The van der Waals surface area contributed by atoms with Crippen molar-refractivity contribution >= 4 is 35.0 Å². The van der Waals surface area contributed by atoms with E-state index in [1.54, 1.807) is 14.0 Å². The Bertz CT molecular complexity index is 1590. The van der Waals surface area contributed by atoms with Crippen molar-refractivity contribution in [2.24, 2.45) is 11.5 Å². The van der Waals surface area contributed by atoms with Crippen LogP contribution in [0.1, 0.15) is 68.8 Å². The first-order chi connectivity index (χ1) is 21.7. The van der Waals surface area contributed by atoms with Gasteiger partial charge < -0.3 is 51.4 Å². The van der Waals surface area contributed by atoms with Gasteiger partial charge in [-0.3, -0.25) is 19.2 Å². The fraction of sp³-hybridized carbons (Fsp3) is 0.484. The number of carbonyl (C=O) groups is 4. The lowest BCUT2D eigenvalue weighted by Crippen LogP contribution is -2.53. The summed E-state index contributed by atoms with van der Waals surface area (Å²) in [5, 5.41) is 48.1. The number of nitrogens with two attached hydrogens (primary N) is 2. The summed E-state index contributed by atoms with van der Waals surface area (Å²) in [6.45, 7) is 1.59. The number of fused-ring (bicyclic) bond motifs is 3. The normalized spacial score (nSPS) is 27.7. The highest BCUT2D eigenvalue weighted by Gasteiger charge is 2.50. The van der Waals surface area contributed by atoms with Crippen LogP contribution in [0.25, 0.3) is 0 Å². The molecule has 1 saturated heterocycles. The summed E-state index contributed by atoms with van der Waals surface area (Å²) in [7, 11) is 2.87. The number of aromatic hydroxyl groups is 2. The van der Waals surface area contributed by atoms with Gasteiger partial charge in [0.15, 0.2) is 17.9 Å². The minimum Gasteiger partial charge on any atom is -0.507 e. The number of primary amides is 1. The number of hydrogen-bond acceptors (Lipinski definition) is 14. The molecule has 2 aliphatic carbocycles. The number of phenols is 2. The molecule has 2 aromatic carbocycles. The van der Waals surface area contributed by atoms with Crippen LogP contribution in [0.4, 0.5) is 0 Å². The first kappa shape index (κ1) is 33.8. The summed E-state index contributed by atoms with van der Waals surface area (Å²) in [6.07, 6.45) is -5.07. The highest BCUT2D eigenvalue weighted by molar-refractivity contribution is 8.00. The zero-order chi connectivity index (χ0) is 33.7. The van der Waals surface area contributed by atoms with Gasteiger partial charge in [-0.15, -0.1) is 0 Å². The van der Waals surface area contributed by atoms with E-state index in [2.05, 4.69) is 5.32 Å². The predicted molar refractivity (Wildman–Crippen MR) is 164 cm³/mol. The van der Waals surface area contributed by atoms with Crippen LogP contribution in [0.3, 0.4) is 0 Å². The molecular weight excluding hydrogens is 622 g/mol. The van der Waals surface area contributed by atoms with Crippen molar-refractivity contribution in [2.45, 2.75) is 68.5 Å². The molecule has 7 atom stereocenters. The number of methoxy groups -OCH3 is 1. The van der Waals surface area contributed by atoms with Crippen LogP contribution in [0.5, 0.6) is 17.2 Å². The number of ether oxygens (including phenoxy) is 3. The molecule has 4 unspecified atom stereocenters. The quantitative estimate of drug-likeness (QED) is 0.140. The molecular formula is C31H37N3O11S. The van der Waals surface area contributed by atoms with Gasteiger partial charge in [-0.05, 0) is 20.0 Å². The highest BCUT2D eigenvalue weighted by atomic mass is 32.2. The third-order valence-corrected chi connectivity index (χ3v) is 9.91. The van der Waals surface area contributed by atoms with Gasteiger partial charge >= 0.3 is 0 Å². The number of amides is 1. The maximum absolute atomic E-state index is 13.8. The standard InChI is InChI=1S/C31H37N3O11S/c1-12-25(36)15(32)7-20(44-12)45-18-9-31(42,19(35)11-46-10-16(34-2)30(33)41)8-14-22(18)29(40)24-23(27(14)38)26(37)13-5-4-6-17(43-3)21(13)28(24)39/h4-6,12,15-16,18,20,25,34,36,38,40,42H,7-11,32H2,1-3H3,(H2,33,41)/t12?,15?,16-,18-,20?,25?,31-/m0/s1. The number of nitrogens with one attached hydrogen (secondary N) is 1. The number of phenolic OH excluding ortho intramolecular Hbond substituents is 2. The largest absolute Gasteiger partial charge is 0.507 e. The summed E-state index contributed by atoms with van der Waals surface area (Å²) in [5.41, 5.74) is 7.95. The maximum Gasteiger partial charge on any atom is 0.235 e. The van der Waals surface area contributed by atoms with E-state index in [1.165, 1.54) is 25.3 Å². The van der Waals surface area contributed by atoms with Crippen LogP contribution in [0, 0.1) is 0 Å². The molecule has 3 aliphatic rings. The Hall–Kier alpha value is -3.57. The minimum atomic E-state index is -2.17. The number of aliphatic hydroxyl groups excluding tert-OH is 1. The predicted octanol–water partition coefficient (Wildman–Crippen LogP) is -0.184. The van der Waals surface area contributed by atoms with Gasteiger partial charge in [-0.1, -0.05) is 12.1 Å². The number of likely N-dealkylation sites (N-methyl/N-ethyl adjacent to an activating group) is 1. The van der Waals surface area contributed by atoms with Crippen LogP contribution in [0.2, 0.25) is 0 Å². The lowest BCUT2D eigenvalue weighted by Gasteiger charge is -2.42. The first-order valence-electron chi connectivity index (χ1n) is 14.7. The summed E-state index contributed by atoms with van der Waals surface area (Å²) in [5.74, 6) is -4.18. The second kappa shape index (κ2) is 12.9. The van der Waals surface area contributed by atoms with Gasteiger partial charge in [-0.25, -0.2) is 0 Å². The second-order valence-corrected chi connectivity index (χ2v) is 12.8. The van der Waals surface area contributed by atoms with Gasteiger partial charge in [0.25, 0.3) is 0 Å². The first-order valence-corrected chi connectivity index (χ1v) is 15.8. The Morgan fingerprint density at radius 1 is 1.17 bits per heavy atom. The molecule has 0 aromatic heterocycles. The number of benzene rings is 2. The SMILES string of the molecule is CN[C@@H](CSCC(=O)[C@]1(O)Cc2c(O)c3c(c(O)c2[C@@H](OC2CC(N)C(O)C(C)O2)C1)C(=O)c1c(OC)cccc1C3=O)C(N)=O. The van der Waals surface area contributed by atoms with Crippen molar-refractivity contribution in [2.75, 3.05) is 25.7 Å². The van der Waals surface area contributed by atoms with Crippen molar-refractivity contribution in [1.29, 1.82) is 0 Å². The number of ketones is 3. The third kappa shape index (κ3) is 5.76. The molecule has 2 aromatic rings. The van der Waals surface area contributed by atoms with E-state index in [9.17, 15) is 39.6 Å². The second-order valence-electron chi connectivity index (χ2n) is 11.8. The lowest BCUT2D eigenvalue weighted by atomic mass is 9.72. The van der Waals surface area contributed by atoms with Gasteiger partial charge in [0.05, 0.1) is 53.9 Å². The zero-order valence-corrected chi connectivity index (χ0v) is 26.3. The number of carbonyl (C=O) groups excluding carboxylic acids is 4.